The molecule has 3 aromatic rings. The quantitative estimate of drug-likeness (QED) is 0.662. The van der Waals surface area contributed by atoms with Crippen molar-refractivity contribution < 1.29 is 4.39 Å². The van der Waals surface area contributed by atoms with Crippen LogP contribution >= 0.6 is 0 Å². The molecule has 0 unspecified atom stereocenters. The van der Waals surface area contributed by atoms with Crippen molar-refractivity contribution in [2.45, 2.75) is 20.4 Å². The van der Waals surface area contributed by atoms with Crippen LogP contribution in [0.25, 0.3) is 23.2 Å². The maximum atomic E-state index is 13.0. The monoisotopic (exact) mass is 294 g/mol. The van der Waals surface area contributed by atoms with Crippen molar-refractivity contribution in [2.24, 2.45) is 5.92 Å². The summed E-state index contributed by atoms with van der Waals surface area (Å²) in [5.74, 6) is 1.25. The second-order valence-electron chi connectivity index (χ2n) is 5.85. The van der Waals surface area contributed by atoms with Crippen molar-refractivity contribution in [2.75, 3.05) is 0 Å². The minimum atomic E-state index is -0.218. The second-order valence-corrected chi connectivity index (χ2v) is 5.85. The van der Waals surface area contributed by atoms with Crippen LogP contribution in [0.3, 0.4) is 0 Å². The van der Waals surface area contributed by atoms with Crippen LogP contribution in [0.5, 0.6) is 0 Å². The Bertz CT molecular complexity index is 798. The summed E-state index contributed by atoms with van der Waals surface area (Å²) in [4.78, 5) is 4.70. The fourth-order valence-electron chi connectivity index (χ4n) is 2.52. The number of imidazole rings is 1. The molecular weight excluding hydrogens is 275 g/mol. The van der Waals surface area contributed by atoms with Crippen molar-refractivity contribution in [1.29, 1.82) is 0 Å². The molecule has 3 heteroatoms. The lowest BCUT2D eigenvalue weighted by Crippen LogP contribution is -2.06. The number of aromatic nitrogens is 2. The zero-order valence-electron chi connectivity index (χ0n) is 12.8. The van der Waals surface area contributed by atoms with Gasteiger partial charge in [0.1, 0.15) is 11.6 Å². The third kappa shape index (κ3) is 3.08. The number of nitrogens with zero attached hydrogens (tertiary/aromatic N) is 2. The van der Waals surface area contributed by atoms with E-state index in [1.54, 1.807) is 12.1 Å². The lowest BCUT2D eigenvalue weighted by molar-refractivity contribution is 0.530. The molecule has 0 spiro atoms. The summed E-state index contributed by atoms with van der Waals surface area (Å²) in [6, 6.07) is 14.6. The normalized spacial score (nSPS) is 11.8. The van der Waals surface area contributed by atoms with Gasteiger partial charge in [0.15, 0.2) is 0 Å². The molecule has 0 atom stereocenters. The van der Waals surface area contributed by atoms with E-state index in [4.69, 9.17) is 4.98 Å². The Kier molecular flexibility index (Phi) is 4.05. The summed E-state index contributed by atoms with van der Waals surface area (Å²) in [5, 5.41) is 0. The van der Waals surface area contributed by atoms with Crippen molar-refractivity contribution in [3.8, 4) is 0 Å². The van der Waals surface area contributed by atoms with E-state index in [0.29, 0.717) is 5.92 Å². The Morgan fingerprint density at radius 3 is 2.50 bits per heavy atom. The number of hydrogen-bond acceptors (Lipinski definition) is 1. The van der Waals surface area contributed by atoms with Gasteiger partial charge in [0, 0.05) is 6.54 Å². The van der Waals surface area contributed by atoms with Gasteiger partial charge in [-0.05, 0) is 41.8 Å². The summed E-state index contributed by atoms with van der Waals surface area (Å²) in [6.45, 7) is 5.31. The summed E-state index contributed by atoms with van der Waals surface area (Å²) >= 11 is 0. The van der Waals surface area contributed by atoms with Crippen LogP contribution in [-0.4, -0.2) is 9.55 Å². The first kappa shape index (κ1) is 14.5. The van der Waals surface area contributed by atoms with Gasteiger partial charge in [-0.25, -0.2) is 9.37 Å². The van der Waals surface area contributed by atoms with Crippen molar-refractivity contribution >= 4 is 23.2 Å². The van der Waals surface area contributed by atoms with E-state index in [1.165, 1.54) is 12.1 Å². The summed E-state index contributed by atoms with van der Waals surface area (Å²) in [6.07, 6.45) is 3.97. The standard InChI is InChI=1S/C19H19FN2/c1-14(2)13-22-18-6-4-3-5-17(18)21-19(22)12-9-15-7-10-16(20)11-8-15/h3-12,14H,13H2,1-2H3/b12-9+. The van der Waals surface area contributed by atoms with Gasteiger partial charge in [-0.3, -0.25) is 0 Å². The first-order valence-electron chi connectivity index (χ1n) is 7.52. The molecule has 0 saturated heterocycles. The van der Waals surface area contributed by atoms with E-state index in [9.17, 15) is 4.39 Å². The number of halogens is 1. The van der Waals surface area contributed by atoms with E-state index in [-0.39, 0.29) is 5.82 Å². The van der Waals surface area contributed by atoms with E-state index in [2.05, 4.69) is 24.5 Å². The number of para-hydroxylation sites is 2. The largest absolute Gasteiger partial charge is 0.324 e. The second kappa shape index (κ2) is 6.14. The Morgan fingerprint density at radius 2 is 1.77 bits per heavy atom. The van der Waals surface area contributed by atoms with Crippen LogP contribution in [-0.2, 0) is 6.54 Å². The highest BCUT2D eigenvalue weighted by molar-refractivity contribution is 5.79. The molecule has 3 rings (SSSR count). The molecule has 22 heavy (non-hydrogen) atoms. The lowest BCUT2D eigenvalue weighted by Gasteiger charge is -2.09. The van der Waals surface area contributed by atoms with Gasteiger partial charge in [-0.2, -0.15) is 0 Å². The SMILES string of the molecule is CC(C)Cn1c(/C=C/c2ccc(F)cc2)nc2ccccc21. The predicted octanol–water partition coefficient (Wildman–Crippen LogP) is 5.00. The molecule has 0 N–H and O–H groups in total. The fourth-order valence-corrected chi connectivity index (χ4v) is 2.52. The van der Waals surface area contributed by atoms with Crippen LogP contribution in [0.2, 0.25) is 0 Å². The first-order valence-corrected chi connectivity index (χ1v) is 7.52. The van der Waals surface area contributed by atoms with E-state index >= 15 is 0 Å². The van der Waals surface area contributed by atoms with Gasteiger partial charge in [-0.1, -0.05) is 44.2 Å². The Hall–Kier alpha value is -2.42. The number of benzene rings is 2. The molecule has 1 aromatic heterocycles. The van der Waals surface area contributed by atoms with Crippen LogP contribution < -0.4 is 0 Å². The highest BCUT2D eigenvalue weighted by Crippen LogP contribution is 2.19. The molecule has 0 fully saturated rings. The first-order chi connectivity index (χ1) is 10.6. The number of fused-ring (bicyclic) bond motifs is 1. The molecule has 1 heterocycles. The zero-order valence-corrected chi connectivity index (χ0v) is 12.8. The fraction of sp³-hybridized carbons (Fsp3) is 0.211. The minimum Gasteiger partial charge on any atom is -0.324 e. The van der Waals surface area contributed by atoms with Gasteiger partial charge in [-0.15, -0.1) is 0 Å². The molecule has 0 saturated carbocycles. The Labute approximate surface area is 129 Å². The van der Waals surface area contributed by atoms with Crippen LogP contribution in [0.15, 0.2) is 48.5 Å². The zero-order chi connectivity index (χ0) is 15.5. The van der Waals surface area contributed by atoms with Crippen molar-refractivity contribution in [3.63, 3.8) is 0 Å². The molecule has 0 aliphatic carbocycles. The predicted molar refractivity (Wildman–Crippen MR) is 89.9 cm³/mol. The smallest absolute Gasteiger partial charge is 0.133 e. The van der Waals surface area contributed by atoms with Gasteiger partial charge >= 0.3 is 0 Å². The van der Waals surface area contributed by atoms with Crippen molar-refractivity contribution in [3.05, 3.63) is 65.7 Å². The number of hydrogen-bond donors (Lipinski definition) is 0. The highest BCUT2D eigenvalue weighted by Gasteiger charge is 2.09. The summed E-state index contributed by atoms with van der Waals surface area (Å²) < 4.78 is 15.2. The van der Waals surface area contributed by atoms with Gasteiger partial charge in [0.2, 0.25) is 0 Å². The average Bonchev–Trinajstić information content (AvgIpc) is 2.84. The molecular formula is C19H19FN2. The summed E-state index contributed by atoms with van der Waals surface area (Å²) in [7, 11) is 0. The van der Waals surface area contributed by atoms with E-state index in [1.807, 2.05) is 30.4 Å². The average molecular weight is 294 g/mol. The molecule has 0 aliphatic rings. The van der Waals surface area contributed by atoms with Gasteiger partial charge in [0.25, 0.3) is 0 Å². The summed E-state index contributed by atoms with van der Waals surface area (Å²) in [5.41, 5.74) is 3.11. The molecule has 2 aromatic carbocycles. The molecule has 0 radical (unpaired) electrons. The molecule has 0 aliphatic heterocycles. The Balaban J connectivity index is 2.00. The maximum absolute atomic E-state index is 13.0. The van der Waals surface area contributed by atoms with Crippen molar-refractivity contribution in [1.82, 2.24) is 9.55 Å². The third-order valence-corrected chi connectivity index (χ3v) is 3.53. The van der Waals surface area contributed by atoms with Gasteiger partial charge < -0.3 is 4.57 Å². The lowest BCUT2D eigenvalue weighted by atomic mass is 10.2. The number of rotatable bonds is 4. The van der Waals surface area contributed by atoms with Crippen LogP contribution in [0.4, 0.5) is 4.39 Å². The third-order valence-electron chi connectivity index (χ3n) is 3.53. The van der Waals surface area contributed by atoms with Crippen LogP contribution in [0.1, 0.15) is 25.2 Å². The van der Waals surface area contributed by atoms with Gasteiger partial charge in [0.05, 0.1) is 11.0 Å². The topological polar surface area (TPSA) is 17.8 Å². The highest BCUT2D eigenvalue weighted by atomic mass is 19.1. The minimum absolute atomic E-state index is 0.218. The molecule has 2 nitrogen and oxygen atoms in total. The Morgan fingerprint density at radius 1 is 1.05 bits per heavy atom. The molecule has 112 valence electrons. The van der Waals surface area contributed by atoms with E-state index < -0.39 is 0 Å². The van der Waals surface area contributed by atoms with E-state index in [0.717, 1.165) is 29.0 Å². The molecule has 0 bridgehead atoms. The molecule has 0 amide bonds. The maximum Gasteiger partial charge on any atom is 0.133 e. The van der Waals surface area contributed by atoms with Crippen LogP contribution in [0, 0.1) is 11.7 Å².